The lowest BCUT2D eigenvalue weighted by molar-refractivity contribution is 0.0955. The first-order valence-electron chi connectivity index (χ1n) is 7.51. The molecule has 4 nitrogen and oxygen atoms in total. The quantitative estimate of drug-likeness (QED) is 0.443. The molecule has 5 heteroatoms. The average molecular weight is 375 g/mol. The zero-order valence-corrected chi connectivity index (χ0v) is 14.5. The molecule has 0 saturated heterocycles. The molecule has 0 atom stereocenters. The van der Waals surface area contributed by atoms with Gasteiger partial charge in [0.15, 0.2) is 0 Å². The van der Waals surface area contributed by atoms with Crippen LogP contribution in [0.4, 0.5) is 0 Å². The summed E-state index contributed by atoms with van der Waals surface area (Å²) in [6, 6.07) is 14.8. The summed E-state index contributed by atoms with van der Waals surface area (Å²) in [5, 5.41) is 4.02. The molecule has 23 heavy (non-hydrogen) atoms. The number of amides is 1. The van der Waals surface area contributed by atoms with Crippen molar-refractivity contribution in [2.45, 2.75) is 19.8 Å². The molecule has 120 valence electrons. The smallest absolute Gasteiger partial charge is 0.271 e. The van der Waals surface area contributed by atoms with Gasteiger partial charge in [-0.3, -0.25) is 4.79 Å². The van der Waals surface area contributed by atoms with Crippen LogP contribution >= 0.6 is 15.9 Å². The molecule has 0 unspecified atom stereocenters. The predicted molar refractivity (Wildman–Crippen MR) is 96.0 cm³/mol. The average Bonchev–Trinajstić information content (AvgIpc) is 2.56. The lowest BCUT2D eigenvalue weighted by Crippen LogP contribution is -2.17. The van der Waals surface area contributed by atoms with Gasteiger partial charge in [0.2, 0.25) is 0 Å². The third kappa shape index (κ3) is 5.53. The van der Waals surface area contributed by atoms with E-state index in [1.165, 1.54) is 0 Å². The predicted octanol–water partition coefficient (Wildman–Crippen LogP) is 4.39. The van der Waals surface area contributed by atoms with E-state index < -0.39 is 0 Å². The van der Waals surface area contributed by atoms with Gasteiger partial charge in [0, 0.05) is 15.6 Å². The van der Waals surface area contributed by atoms with Crippen LogP contribution in [0.2, 0.25) is 0 Å². The molecule has 0 radical (unpaired) electrons. The molecule has 0 aromatic heterocycles. The van der Waals surface area contributed by atoms with Crippen LogP contribution in [-0.4, -0.2) is 18.7 Å². The number of nitrogens with zero attached hydrogens (tertiary/aromatic N) is 1. The van der Waals surface area contributed by atoms with Crippen LogP contribution in [0.15, 0.2) is 58.1 Å². The Kier molecular flexibility index (Phi) is 6.81. The fourth-order valence-electron chi connectivity index (χ4n) is 1.90. The van der Waals surface area contributed by atoms with Crippen LogP contribution in [0.1, 0.15) is 35.7 Å². The van der Waals surface area contributed by atoms with E-state index in [2.05, 4.69) is 33.4 Å². The Morgan fingerprint density at radius 1 is 1.26 bits per heavy atom. The van der Waals surface area contributed by atoms with Crippen molar-refractivity contribution in [3.63, 3.8) is 0 Å². The molecule has 1 N–H and O–H groups in total. The zero-order valence-electron chi connectivity index (χ0n) is 13.0. The Morgan fingerprint density at radius 2 is 2.09 bits per heavy atom. The molecular weight excluding hydrogens is 356 g/mol. The number of carbonyl (C=O) groups excluding carboxylic acids is 1. The minimum Gasteiger partial charge on any atom is -0.493 e. The second kappa shape index (κ2) is 9.10. The summed E-state index contributed by atoms with van der Waals surface area (Å²) in [6.45, 7) is 2.79. The lowest BCUT2D eigenvalue weighted by atomic mass is 10.2. The van der Waals surface area contributed by atoms with Crippen LogP contribution in [0.25, 0.3) is 0 Å². The molecule has 2 rings (SSSR count). The number of hydrogen-bond donors (Lipinski definition) is 1. The third-order valence-corrected chi connectivity index (χ3v) is 3.62. The Hall–Kier alpha value is -2.14. The van der Waals surface area contributed by atoms with Gasteiger partial charge in [0.25, 0.3) is 5.91 Å². The monoisotopic (exact) mass is 374 g/mol. The van der Waals surface area contributed by atoms with Crippen molar-refractivity contribution in [2.75, 3.05) is 6.61 Å². The third-order valence-electron chi connectivity index (χ3n) is 3.13. The van der Waals surface area contributed by atoms with E-state index in [1.54, 1.807) is 24.4 Å². The highest BCUT2D eigenvalue weighted by Crippen LogP contribution is 2.16. The van der Waals surface area contributed by atoms with Gasteiger partial charge in [-0.15, -0.1) is 0 Å². The van der Waals surface area contributed by atoms with E-state index in [9.17, 15) is 4.79 Å². The molecule has 0 aliphatic rings. The van der Waals surface area contributed by atoms with Crippen molar-refractivity contribution in [1.29, 1.82) is 0 Å². The molecule has 0 heterocycles. The SMILES string of the molecule is CCCCOc1ccccc1C=NNC(=O)c1cccc(Br)c1. The van der Waals surface area contributed by atoms with E-state index >= 15 is 0 Å². The molecule has 0 saturated carbocycles. The molecule has 1 amide bonds. The molecule has 2 aromatic carbocycles. The fourth-order valence-corrected chi connectivity index (χ4v) is 2.30. The number of halogens is 1. The van der Waals surface area contributed by atoms with Crippen LogP contribution in [0.3, 0.4) is 0 Å². The first-order chi connectivity index (χ1) is 11.2. The van der Waals surface area contributed by atoms with E-state index in [1.807, 2.05) is 30.3 Å². The first kappa shape index (κ1) is 17.2. The second-order valence-electron chi connectivity index (χ2n) is 4.95. The zero-order chi connectivity index (χ0) is 16.5. The fraction of sp³-hybridized carbons (Fsp3) is 0.222. The number of nitrogens with one attached hydrogen (secondary N) is 1. The Bertz CT molecular complexity index is 686. The number of hydrazone groups is 1. The minimum atomic E-state index is -0.257. The lowest BCUT2D eigenvalue weighted by Gasteiger charge is -2.08. The number of rotatable bonds is 7. The Labute approximate surface area is 144 Å². The van der Waals surface area contributed by atoms with Crippen molar-refractivity contribution >= 4 is 28.1 Å². The summed E-state index contributed by atoms with van der Waals surface area (Å²) >= 11 is 3.34. The number of hydrogen-bond acceptors (Lipinski definition) is 3. The van der Waals surface area contributed by atoms with Crippen LogP contribution in [0, 0.1) is 0 Å². The van der Waals surface area contributed by atoms with E-state index in [0.717, 1.165) is 28.6 Å². The largest absolute Gasteiger partial charge is 0.493 e. The standard InChI is InChI=1S/C18H19BrN2O2/c1-2-3-11-23-17-10-5-4-7-15(17)13-20-21-18(22)14-8-6-9-16(19)12-14/h4-10,12-13H,2-3,11H2,1H3,(H,21,22). The van der Waals surface area contributed by atoms with Gasteiger partial charge in [0.1, 0.15) is 5.75 Å². The van der Waals surface area contributed by atoms with E-state index in [0.29, 0.717) is 12.2 Å². The number of unbranched alkanes of at least 4 members (excludes halogenated alkanes) is 1. The normalized spacial score (nSPS) is 10.7. The molecular formula is C18H19BrN2O2. The van der Waals surface area contributed by atoms with Crippen molar-refractivity contribution in [3.8, 4) is 5.75 Å². The van der Waals surface area contributed by atoms with Crippen molar-refractivity contribution in [2.24, 2.45) is 5.10 Å². The highest BCUT2D eigenvalue weighted by atomic mass is 79.9. The van der Waals surface area contributed by atoms with Crippen LogP contribution in [-0.2, 0) is 0 Å². The number of para-hydroxylation sites is 1. The van der Waals surface area contributed by atoms with Gasteiger partial charge in [-0.05, 0) is 36.8 Å². The van der Waals surface area contributed by atoms with Crippen molar-refractivity contribution in [1.82, 2.24) is 5.43 Å². The highest BCUT2D eigenvalue weighted by molar-refractivity contribution is 9.10. The van der Waals surface area contributed by atoms with E-state index in [-0.39, 0.29) is 5.91 Å². The first-order valence-corrected chi connectivity index (χ1v) is 8.31. The summed E-state index contributed by atoms with van der Waals surface area (Å²) in [5.74, 6) is 0.508. The van der Waals surface area contributed by atoms with Gasteiger partial charge >= 0.3 is 0 Å². The van der Waals surface area contributed by atoms with Crippen molar-refractivity contribution < 1.29 is 9.53 Å². The maximum atomic E-state index is 12.0. The van der Waals surface area contributed by atoms with Crippen molar-refractivity contribution in [3.05, 3.63) is 64.1 Å². The van der Waals surface area contributed by atoms with Gasteiger partial charge in [-0.2, -0.15) is 5.10 Å². The molecule has 0 fully saturated rings. The van der Waals surface area contributed by atoms with Gasteiger partial charge < -0.3 is 4.74 Å². The number of benzene rings is 2. The summed E-state index contributed by atoms with van der Waals surface area (Å²) < 4.78 is 6.58. The Morgan fingerprint density at radius 3 is 2.87 bits per heavy atom. The van der Waals surface area contributed by atoms with Crippen LogP contribution in [0.5, 0.6) is 5.75 Å². The second-order valence-corrected chi connectivity index (χ2v) is 5.86. The molecule has 2 aromatic rings. The Balaban J connectivity index is 1.99. The topological polar surface area (TPSA) is 50.7 Å². The van der Waals surface area contributed by atoms with Gasteiger partial charge in [-0.1, -0.05) is 47.5 Å². The summed E-state index contributed by atoms with van der Waals surface area (Å²) in [6.07, 6.45) is 3.68. The number of ether oxygens (including phenoxy) is 1. The van der Waals surface area contributed by atoms with Gasteiger partial charge in [-0.25, -0.2) is 5.43 Å². The van der Waals surface area contributed by atoms with Gasteiger partial charge in [0.05, 0.1) is 12.8 Å². The minimum absolute atomic E-state index is 0.257. The number of carbonyl (C=O) groups is 1. The molecule has 0 aliphatic heterocycles. The maximum absolute atomic E-state index is 12.0. The van der Waals surface area contributed by atoms with E-state index in [4.69, 9.17) is 4.74 Å². The summed E-state index contributed by atoms with van der Waals surface area (Å²) in [5.41, 5.74) is 3.90. The molecule has 0 aliphatic carbocycles. The molecule has 0 spiro atoms. The summed E-state index contributed by atoms with van der Waals surface area (Å²) in [7, 11) is 0. The highest BCUT2D eigenvalue weighted by Gasteiger charge is 2.04. The maximum Gasteiger partial charge on any atom is 0.271 e. The van der Waals surface area contributed by atoms with Crippen LogP contribution < -0.4 is 10.2 Å². The summed E-state index contributed by atoms with van der Waals surface area (Å²) in [4.78, 5) is 12.0. The molecule has 0 bridgehead atoms.